The molecule has 1 aromatic carbocycles. The van der Waals surface area contributed by atoms with Gasteiger partial charge in [-0.05, 0) is 31.4 Å². The molecule has 1 unspecified atom stereocenters. The molecule has 0 saturated heterocycles. The normalized spacial score (nSPS) is 17.2. The van der Waals surface area contributed by atoms with Crippen LogP contribution in [0.3, 0.4) is 0 Å². The molecule has 1 saturated carbocycles. The van der Waals surface area contributed by atoms with Crippen LogP contribution in [0.25, 0.3) is 11.0 Å². The molecule has 2 aromatic rings. The maximum absolute atomic E-state index is 6.33. The lowest BCUT2D eigenvalue weighted by molar-refractivity contribution is 0.543. The summed E-state index contributed by atoms with van der Waals surface area (Å²) < 4.78 is 2.38. The van der Waals surface area contributed by atoms with Crippen LogP contribution in [0.5, 0.6) is 0 Å². The summed E-state index contributed by atoms with van der Waals surface area (Å²) in [5, 5.41) is 0. The van der Waals surface area contributed by atoms with E-state index < -0.39 is 0 Å². The second-order valence-corrected chi connectivity index (χ2v) is 5.31. The van der Waals surface area contributed by atoms with E-state index in [2.05, 4.69) is 29.7 Å². The molecule has 1 aromatic heterocycles. The number of nitrogens with zero attached hydrogens (tertiary/aromatic N) is 2. The number of hydrogen-bond donors (Lipinski definition) is 1. The fourth-order valence-corrected chi connectivity index (χ4v) is 2.59. The Labute approximate surface area is 108 Å². The lowest BCUT2D eigenvalue weighted by atomic mass is 10.1. The number of unbranched alkanes of at least 4 members (excludes halogenated alkanes) is 1. The smallest absolute Gasteiger partial charge is 0.127 e. The molecule has 0 spiro atoms. The summed E-state index contributed by atoms with van der Waals surface area (Å²) in [5.41, 5.74) is 8.67. The predicted octanol–water partition coefficient (Wildman–Crippen LogP) is 3.56. The number of fused-ring (bicyclic) bond motifs is 1. The van der Waals surface area contributed by atoms with Crippen LogP contribution in [-0.2, 0) is 0 Å². The Bertz CT molecular complexity index is 540. The Kier molecular flexibility index (Phi) is 3.08. The van der Waals surface area contributed by atoms with Crippen molar-refractivity contribution < 1.29 is 0 Å². The minimum Gasteiger partial charge on any atom is -0.324 e. The van der Waals surface area contributed by atoms with E-state index in [0.717, 1.165) is 17.8 Å². The van der Waals surface area contributed by atoms with Gasteiger partial charge >= 0.3 is 0 Å². The lowest BCUT2D eigenvalue weighted by Gasteiger charge is -2.13. The van der Waals surface area contributed by atoms with Crippen LogP contribution in [-0.4, -0.2) is 9.55 Å². The minimum atomic E-state index is 0.0814. The van der Waals surface area contributed by atoms with Gasteiger partial charge in [-0.15, -0.1) is 0 Å². The Morgan fingerprint density at radius 1 is 1.39 bits per heavy atom. The van der Waals surface area contributed by atoms with E-state index in [1.807, 2.05) is 6.07 Å². The van der Waals surface area contributed by atoms with Crippen molar-refractivity contribution in [3.8, 4) is 0 Å². The predicted molar refractivity (Wildman–Crippen MR) is 74.5 cm³/mol. The molecule has 1 aliphatic rings. The van der Waals surface area contributed by atoms with Crippen LogP contribution in [0, 0.1) is 0 Å². The Balaban J connectivity index is 2.01. The zero-order valence-corrected chi connectivity index (χ0v) is 11.0. The van der Waals surface area contributed by atoms with Crippen LogP contribution in [0.2, 0.25) is 0 Å². The molecule has 3 heteroatoms. The second kappa shape index (κ2) is 4.73. The standard InChI is InChI=1S/C15H21N3/c1-2-3-6-12(16)15-17-13-7-4-5-8-14(13)18(15)11-9-10-11/h4-5,7-8,11-12H,2-3,6,9-10,16H2,1H3. The van der Waals surface area contributed by atoms with E-state index in [-0.39, 0.29) is 6.04 Å². The van der Waals surface area contributed by atoms with Crippen molar-refractivity contribution in [2.24, 2.45) is 5.73 Å². The van der Waals surface area contributed by atoms with E-state index in [4.69, 9.17) is 10.7 Å². The number of rotatable bonds is 5. The average molecular weight is 243 g/mol. The molecular formula is C15H21N3. The van der Waals surface area contributed by atoms with Gasteiger partial charge in [-0.25, -0.2) is 4.98 Å². The highest BCUT2D eigenvalue weighted by Gasteiger charge is 2.29. The van der Waals surface area contributed by atoms with Crippen molar-refractivity contribution in [1.82, 2.24) is 9.55 Å². The number of benzene rings is 1. The van der Waals surface area contributed by atoms with Crippen molar-refractivity contribution in [1.29, 1.82) is 0 Å². The maximum Gasteiger partial charge on any atom is 0.127 e. The molecule has 0 amide bonds. The summed E-state index contributed by atoms with van der Waals surface area (Å²) in [7, 11) is 0. The molecule has 1 fully saturated rings. The fraction of sp³-hybridized carbons (Fsp3) is 0.533. The average Bonchev–Trinajstić information content (AvgIpc) is 3.15. The molecule has 3 rings (SSSR count). The van der Waals surface area contributed by atoms with Gasteiger partial charge in [-0.3, -0.25) is 0 Å². The van der Waals surface area contributed by atoms with Crippen molar-refractivity contribution in [2.45, 2.75) is 51.1 Å². The second-order valence-electron chi connectivity index (χ2n) is 5.31. The number of nitrogens with two attached hydrogens (primary N) is 1. The third-order valence-corrected chi connectivity index (χ3v) is 3.74. The van der Waals surface area contributed by atoms with Gasteiger partial charge in [0, 0.05) is 6.04 Å². The molecule has 2 N–H and O–H groups in total. The summed E-state index contributed by atoms with van der Waals surface area (Å²) in [4.78, 5) is 4.76. The van der Waals surface area contributed by atoms with Crippen LogP contribution < -0.4 is 5.73 Å². The Morgan fingerprint density at radius 2 is 2.17 bits per heavy atom. The first-order valence-corrected chi connectivity index (χ1v) is 7.03. The molecule has 0 bridgehead atoms. The monoisotopic (exact) mass is 243 g/mol. The number of imidazole rings is 1. The topological polar surface area (TPSA) is 43.8 Å². The van der Waals surface area contributed by atoms with Crippen LogP contribution >= 0.6 is 0 Å². The Hall–Kier alpha value is -1.35. The molecule has 0 aliphatic heterocycles. The summed E-state index contributed by atoms with van der Waals surface area (Å²) in [5.74, 6) is 1.09. The number of para-hydroxylation sites is 2. The van der Waals surface area contributed by atoms with E-state index in [0.29, 0.717) is 6.04 Å². The molecule has 3 nitrogen and oxygen atoms in total. The van der Waals surface area contributed by atoms with Crippen molar-refractivity contribution in [3.63, 3.8) is 0 Å². The minimum absolute atomic E-state index is 0.0814. The summed E-state index contributed by atoms with van der Waals surface area (Å²) in [6.07, 6.45) is 5.95. The zero-order chi connectivity index (χ0) is 12.5. The molecule has 0 radical (unpaired) electrons. The number of aromatic nitrogens is 2. The van der Waals surface area contributed by atoms with Crippen LogP contribution in [0.1, 0.15) is 56.9 Å². The quantitative estimate of drug-likeness (QED) is 0.872. The van der Waals surface area contributed by atoms with Crippen molar-refractivity contribution >= 4 is 11.0 Å². The number of hydrogen-bond acceptors (Lipinski definition) is 2. The van der Waals surface area contributed by atoms with Gasteiger partial charge in [-0.2, -0.15) is 0 Å². The third-order valence-electron chi connectivity index (χ3n) is 3.74. The molecule has 18 heavy (non-hydrogen) atoms. The lowest BCUT2D eigenvalue weighted by Crippen LogP contribution is -2.16. The van der Waals surface area contributed by atoms with E-state index in [1.165, 1.54) is 31.2 Å². The van der Waals surface area contributed by atoms with Gasteiger partial charge in [0.2, 0.25) is 0 Å². The molecular weight excluding hydrogens is 222 g/mol. The zero-order valence-electron chi connectivity index (χ0n) is 11.0. The first-order chi connectivity index (χ1) is 8.81. The van der Waals surface area contributed by atoms with E-state index >= 15 is 0 Å². The highest BCUT2D eigenvalue weighted by atomic mass is 15.1. The third kappa shape index (κ3) is 2.03. The van der Waals surface area contributed by atoms with Gasteiger partial charge in [0.05, 0.1) is 17.1 Å². The Morgan fingerprint density at radius 3 is 2.89 bits per heavy atom. The SMILES string of the molecule is CCCCC(N)c1nc2ccccc2n1C1CC1. The highest BCUT2D eigenvalue weighted by Crippen LogP contribution is 2.40. The van der Waals surface area contributed by atoms with Gasteiger partial charge < -0.3 is 10.3 Å². The van der Waals surface area contributed by atoms with E-state index in [9.17, 15) is 0 Å². The van der Waals surface area contributed by atoms with Crippen molar-refractivity contribution in [2.75, 3.05) is 0 Å². The van der Waals surface area contributed by atoms with Crippen molar-refractivity contribution in [3.05, 3.63) is 30.1 Å². The summed E-state index contributed by atoms with van der Waals surface area (Å²) in [6.45, 7) is 2.20. The largest absolute Gasteiger partial charge is 0.324 e. The summed E-state index contributed by atoms with van der Waals surface area (Å²) in [6, 6.07) is 9.11. The van der Waals surface area contributed by atoms with Gasteiger partial charge in [-0.1, -0.05) is 31.9 Å². The van der Waals surface area contributed by atoms with E-state index in [1.54, 1.807) is 0 Å². The van der Waals surface area contributed by atoms with Gasteiger partial charge in [0.15, 0.2) is 0 Å². The maximum atomic E-state index is 6.33. The highest BCUT2D eigenvalue weighted by molar-refractivity contribution is 5.76. The molecule has 1 atom stereocenters. The van der Waals surface area contributed by atoms with Gasteiger partial charge in [0.25, 0.3) is 0 Å². The molecule has 96 valence electrons. The first-order valence-electron chi connectivity index (χ1n) is 7.03. The van der Waals surface area contributed by atoms with Gasteiger partial charge in [0.1, 0.15) is 5.82 Å². The fourth-order valence-electron chi connectivity index (χ4n) is 2.59. The molecule has 1 aliphatic carbocycles. The van der Waals surface area contributed by atoms with Crippen LogP contribution in [0.15, 0.2) is 24.3 Å². The summed E-state index contributed by atoms with van der Waals surface area (Å²) >= 11 is 0. The molecule has 1 heterocycles. The first kappa shape index (κ1) is 11.7. The van der Waals surface area contributed by atoms with Crippen LogP contribution in [0.4, 0.5) is 0 Å².